The van der Waals surface area contributed by atoms with Crippen LogP contribution in [0.1, 0.15) is 31.1 Å². The quantitative estimate of drug-likeness (QED) is 0.858. The van der Waals surface area contributed by atoms with E-state index in [0.29, 0.717) is 25.4 Å². The minimum atomic E-state index is -0.543. The zero-order chi connectivity index (χ0) is 14.6. The van der Waals surface area contributed by atoms with E-state index in [0.717, 1.165) is 5.69 Å². The number of esters is 1. The van der Waals surface area contributed by atoms with Gasteiger partial charge in [-0.15, -0.1) is 0 Å². The Morgan fingerprint density at radius 3 is 2.65 bits per heavy atom. The average Bonchev–Trinajstić information content (AvgIpc) is 2.42. The van der Waals surface area contributed by atoms with Crippen molar-refractivity contribution in [2.75, 3.05) is 25.1 Å². The first kappa shape index (κ1) is 14.8. The molecule has 110 valence electrons. The first-order valence-electron chi connectivity index (χ1n) is 6.82. The van der Waals surface area contributed by atoms with Gasteiger partial charge >= 0.3 is 5.97 Å². The van der Waals surface area contributed by atoms with Crippen molar-refractivity contribution in [3.63, 3.8) is 0 Å². The molecule has 1 aliphatic rings. The summed E-state index contributed by atoms with van der Waals surface area (Å²) in [5.41, 5.74) is 1.27. The molecular formula is C15H21NO4. The number of carbonyl (C=O) groups is 1. The summed E-state index contributed by atoms with van der Waals surface area (Å²) in [5.74, 6) is -0.868. The molecule has 1 saturated heterocycles. The van der Waals surface area contributed by atoms with Crippen LogP contribution in [-0.2, 0) is 14.2 Å². The van der Waals surface area contributed by atoms with Crippen molar-refractivity contribution in [2.24, 2.45) is 0 Å². The zero-order valence-corrected chi connectivity index (χ0v) is 12.1. The lowest BCUT2D eigenvalue weighted by atomic mass is 10.1. The Hall–Kier alpha value is -1.59. The third-order valence-corrected chi connectivity index (χ3v) is 3.05. The summed E-state index contributed by atoms with van der Waals surface area (Å²) in [5, 5.41) is 3.28. The molecule has 1 fully saturated rings. The van der Waals surface area contributed by atoms with E-state index in [1.54, 1.807) is 13.0 Å². The van der Waals surface area contributed by atoms with Crippen LogP contribution in [0.25, 0.3) is 0 Å². The van der Waals surface area contributed by atoms with E-state index >= 15 is 0 Å². The summed E-state index contributed by atoms with van der Waals surface area (Å²) < 4.78 is 16.2. The van der Waals surface area contributed by atoms with E-state index in [1.807, 2.05) is 32.0 Å². The number of ether oxygens (including phenoxy) is 3. The molecule has 1 N–H and O–H groups in total. The van der Waals surface area contributed by atoms with E-state index in [4.69, 9.17) is 14.2 Å². The smallest absolute Gasteiger partial charge is 0.340 e. The Bertz CT molecular complexity index is 463. The lowest BCUT2D eigenvalue weighted by Crippen LogP contribution is -2.45. The van der Waals surface area contributed by atoms with Crippen molar-refractivity contribution in [2.45, 2.75) is 32.6 Å². The Morgan fingerprint density at radius 2 is 2.00 bits per heavy atom. The maximum atomic E-state index is 11.9. The number of carbonyl (C=O) groups excluding carboxylic acids is 1. The van der Waals surface area contributed by atoms with Gasteiger partial charge in [0.15, 0.2) is 5.79 Å². The second-order valence-electron chi connectivity index (χ2n) is 5.13. The number of hydrogen-bond donors (Lipinski definition) is 1. The van der Waals surface area contributed by atoms with Gasteiger partial charge in [0, 0.05) is 5.69 Å². The second-order valence-corrected chi connectivity index (χ2v) is 5.13. The number of anilines is 1. The van der Waals surface area contributed by atoms with E-state index < -0.39 is 5.79 Å². The summed E-state index contributed by atoms with van der Waals surface area (Å²) in [4.78, 5) is 11.9. The van der Waals surface area contributed by atoms with Gasteiger partial charge in [0.1, 0.15) is 0 Å². The minimum absolute atomic E-state index is 0.0126. The predicted molar refractivity (Wildman–Crippen MR) is 75.8 cm³/mol. The molecule has 1 aromatic rings. The molecule has 1 aromatic carbocycles. The Balaban J connectivity index is 2.04. The van der Waals surface area contributed by atoms with E-state index in [1.165, 1.54) is 0 Å². The Labute approximate surface area is 119 Å². The standard InChI is InChI=1S/C15H21NO4/c1-4-18-14(17)12-7-5-6-8-13(12)16-11-9-19-15(2,3)20-10-11/h5-8,11,16H,4,9-10H2,1-3H3. The number of hydrogen-bond acceptors (Lipinski definition) is 5. The zero-order valence-electron chi connectivity index (χ0n) is 12.1. The highest BCUT2D eigenvalue weighted by atomic mass is 16.7. The van der Waals surface area contributed by atoms with Crippen molar-refractivity contribution in [3.05, 3.63) is 29.8 Å². The first-order chi connectivity index (χ1) is 9.52. The molecule has 0 amide bonds. The monoisotopic (exact) mass is 279 g/mol. The van der Waals surface area contributed by atoms with Gasteiger partial charge in [0.05, 0.1) is 31.4 Å². The van der Waals surface area contributed by atoms with Gasteiger partial charge in [-0.3, -0.25) is 0 Å². The summed E-state index contributed by atoms with van der Waals surface area (Å²) in [6.07, 6.45) is 0. The molecule has 1 heterocycles. The van der Waals surface area contributed by atoms with Crippen LogP contribution in [0.15, 0.2) is 24.3 Å². The van der Waals surface area contributed by atoms with Gasteiger partial charge in [-0.25, -0.2) is 4.79 Å². The minimum Gasteiger partial charge on any atom is -0.462 e. The summed E-state index contributed by atoms with van der Waals surface area (Å²) >= 11 is 0. The van der Waals surface area contributed by atoms with Crippen LogP contribution in [0.5, 0.6) is 0 Å². The summed E-state index contributed by atoms with van der Waals surface area (Å²) in [6, 6.07) is 7.30. The molecule has 0 bridgehead atoms. The Kier molecular flexibility index (Phi) is 4.62. The van der Waals surface area contributed by atoms with Crippen LogP contribution >= 0.6 is 0 Å². The van der Waals surface area contributed by atoms with Crippen LogP contribution in [0, 0.1) is 0 Å². The van der Waals surface area contributed by atoms with Crippen LogP contribution in [0.4, 0.5) is 5.69 Å². The van der Waals surface area contributed by atoms with Gasteiger partial charge in [-0.05, 0) is 32.9 Å². The van der Waals surface area contributed by atoms with Crippen LogP contribution in [-0.4, -0.2) is 37.6 Å². The molecule has 1 aliphatic heterocycles. The fourth-order valence-electron chi connectivity index (χ4n) is 1.99. The maximum Gasteiger partial charge on any atom is 0.340 e. The Morgan fingerprint density at radius 1 is 1.35 bits per heavy atom. The number of benzene rings is 1. The molecule has 0 atom stereocenters. The summed E-state index contributed by atoms with van der Waals surface area (Å²) in [6.45, 7) is 6.98. The second kappa shape index (κ2) is 6.24. The van der Waals surface area contributed by atoms with Gasteiger partial charge in [0.2, 0.25) is 0 Å². The molecule has 5 heteroatoms. The predicted octanol–water partition coefficient (Wildman–Crippen LogP) is 2.43. The molecule has 5 nitrogen and oxygen atoms in total. The van der Waals surface area contributed by atoms with Gasteiger partial charge in [-0.1, -0.05) is 12.1 Å². The van der Waals surface area contributed by atoms with Gasteiger partial charge < -0.3 is 19.5 Å². The first-order valence-corrected chi connectivity index (χ1v) is 6.82. The molecule has 0 aromatic heterocycles. The fraction of sp³-hybridized carbons (Fsp3) is 0.533. The van der Waals surface area contributed by atoms with Crippen molar-refractivity contribution >= 4 is 11.7 Å². The number of nitrogens with one attached hydrogen (secondary N) is 1. The van der Waals surface area contributed by atoms with Gasteiger partial charge in [0.25, 0.3) is 0 Å². The van der Waals surface area contributed by atoms with Crippen LogP contribution < -0.4 is 5.32 Å². The highest BCUT2D eigenvalue weighted by molar-refractivity contribution is 5.95. The van der Waals surface area contributed by atoms with Crippen LogP contribution in [0.3, 0.4) is 0 Å². The van der Waals surface area contributed by atoms with Crippen LogP contribution in [0.2, 0.25) is 0 Å². The molecule has 0 radical (unpaired) electrons. The van der Waals surface area contributed by atoms with Crippen molar-refractivity contribution in [3.8, 4) is 0 Å². The molecular weight excluding hydrogens is 258 g/mol. The lowest BCUT2D eigenvalue weighted by Gasteiger charge is -2.35. The topological polar surface area (TPSA) is 56.8 Å². The summed E-state index contributed by atoms with van der Waals surface area (Å²) in [7, 11) is 0. The maximum absolute atomic E-state index is 11.9. The third-order valence-electron chi connectivity index (χ3n) is 3.05. The SMILES string of the molecule is CCOC(=O)c1ccccc1NC1COC(C)(C)OC1. The van der Waals surface area contributed by atoms with E-state index in [2.05, 4.69) is 5.32 Å². The highest BCUT2D eigenvalue weighted by Gasteiger charge is 2.28. The normalized spacial score (nSPS) is 18.6. The fourth-order valence-corrected chi connectivity index (χ4v) is 1.99. The van der Waals surface area contributed by atoms with Crippen molar-refractivity contribution in [1.29, 1.82) is 0 Å². The number of para-hydroxylation sites is 1. The molecule has 0 saturated carbocycles. The lowest BCUT2D eigenvalue weighted by molar-refractivity contribution is -0.247. The largest absolute Gasteiger partial charge is 0.462 e. The average molecular weight is 279 g/mol. The van der Waals surface area contributed by atoms with Crippen molar-refractivity contribution < 1.29 is 19.0 Å². The number of rotatable bonds is 4. The molecule has 0 unspecified atom stereocenters. The van der Waals surface area contributed by atoms with Crippen molar-refractivity contribution in [1.82, 2.24) is 0 Å². The molecule has 0 aliphatic carbocycles. The molecule has 0 spiro atoms. The third kappa shape index (κ3) is 3.71. The van der Waals surface area contributed by atoms with E-state index in [-0.39, 0.29) is 12.0 Å². The van der Waals surface area contributed by atoms with E-state index in [9.17, 15) is 4.79 Å². The molecule has 20 heavy (non-hydrogen) atoms. The van der Waals surface area contributed by atoms with Gasteiger partial charge in [-0.2, -0.15) is 0 Å². The molecule has 2 rings (SSSR count). The highest BCUT2D eigenvalue weighted by Crippen LogP contribution is 2.22.